The quantitative estimate of drug-likeness (QED) is 0.708. The van der Waals surface area contributed by atoms with Crippen molar-refractivity contribution in [1.82, 2.24) is 15.2 Å². The topological polar surface area (TPSA) is 110 Å². The fourth-order valence-corrected chi connectivity index (χ4v) is 4.41. The molecule has 0 spiro atoms. The maximum absolute atomic E-state index is 13.1. The molecule has 0 radical (unpaired) electrons. The molecule has 0 saturated carbocycles. The van der Waals surface area contributed by atoms with E-state index >= 15 is 0 Å². The summed E-state index contributed by atoms with van der Waals surface area (Å²) >= 11 is 0. The van der Waals surface area contributed by atoms with Crippen molar-refractivity contribution in [2.24, 2.45) is 0 Å². The van der Waals surface area contributed by atoms with Crippen LogP contribution in [0.2, 0.25) is 0 Å². The number of nitrogens with one attached hydrogen (secondary N) is 2. The predicted octanol–water partition coefficient (Wildman–Crippen LogP) is 3.11. The van der Waals surface area contributed by atoms with Crippen LogP contribution in [-0.4, -0.2) is 30.7 Å². The number of nitrogens with zero attached hydrogens (tertiary/aromatic N) is 2. The summed E-state index contributed by atoms with van der Waals surface area (Å²) in [6.45, 7) is 6.91. The monoisotopic (exact) mass is 376 g/mol. The predicted molar refractivity (Wildman–Crippen MR) is 96.8 cm³/mol. The van der Waals surface area contributed by atoms with Crippen LogP contribution in [0.25, 0.3) is 11.5 Å². The number of aromatic nitrogens is 3. The molecule has 2 aromatic heterocycles. The Bertz CT molecular complexity index is 1070. The molecule has 3 rings (SSSR count). The fraction of sp³-hybridized carbons (Fsp3) is 0.294. The van der Waals surface area contributed by atoms with Crippen molar-refractivity contribution in [3.63, 3.8) is 0 Å². The summed E-state index contributed by atoms with van der Waals surface area (Å²) in [7, 11) is -2.33. The van der Waals surface area contributed by atoms with Gasteiger partial charge in [-0.3, -0.25) is 4.72 Å². The normalized spacial score (nSPS) is 11.6. The third-order valence-electron chi connectivity index (χ3n) is 4.00. The van der Waals surface area contributed by atoms with Crippen LogP contribution < -0.4 is 9.46 Å². The Kier molecular flexibility index (Phi) is 4.49. The maximum Gasteiger partial charge on any atom is 0.264 e. The molecule has 0 saturated heterocycles. The number of ether oxygens (including phenoxy) is 1. The van der Waals surface area contributed by atoms with Gasteiger partial charge < -0.3 is 14.1 Å². The van der Waals surface area contributed by atoms with E-state index in [0.717, 1.165) is 5.56 Å². The lowest BCUT2D eigenvalue weighted by atomic mass is 10.2. The SMILES string of the molecule is COc1ccc(NS(=O)(=O)c2c(C)[nH]c(C)c2-c2nnc(C)o2)c(C)c1. The van der Waals surface area contributed by atoms with Crippen LogP contribution in [0.15, 0.2) is 27.5 Å². The molecule has 138 valence electrons. The van der Waals surface area contributed by atoms with Crippen molar-refractivity contribution in [3.05, 3.63) is 41.0 Å². The Morgan fingerprint density at radius 1 is 1.12 bits per heavy atom. The lowest BCUT2D eigenvalue weighted by molar-refractivity contribution is 0.414. The zero-order valence-electron chi connectivity index (χ0n) is 15.2. The molecule has 1 aromatic carbocycles. The molecule has 8 nitrogen and oxygen atoms in total. The Morgan fingerprint density at radius 2 is 1.85 bits per heavy atom. The van der Waals surface area contributed by atoms with E-state index in [0.29, 0.717) is 34.3 Å². The van der Waals surface area contributed by atoms with Crippen LogP contribution in [0.3, 0.4) is 0 Å². The van der Waals surface area contributed by atoms with Gasteiger partial charge in [-0.1, -0.05) is 0 Å². The average molecular weight is 376 g/mol. The van der Waals surface area contributed by atoms with E-state index in [9.17, 15) is 8.42 Å². The number of sulfonamides is 1. The number of rotatable bonds is 5. The second-order valence-electron chi connectivity index (χ2n) is 5.99. The van der Waals surface area contributed by atoms with Gasteiger partial charge in [0.1, 0.15) is 10.6 Å². The van der Waals surface area contributed by atoms with Gasteiger partial charge in [0.15, 0.2) is 0 Å². The molecular formula is C17H20N4O4S. The Hall–Kier alpha value is -2.81. The molecule has 0 aliphatic rings. The van der Waals surface area contributed by atoms with Gasteiger partial charge in [0.2, 0.25) is 5.89 Å². The van der Waals surface area contributed by atoms with E-state index in [1.165, 1.54) is 0 Å². The summed E-state index contributed by atoms with van der Waals surface area (Å²) in [6, 6.07) is 5.12. The number of H-pyrrole nitrogens is 1. The molecular weight excluding hydrogens is 356 g/mol. The van der Waals surface area contributed by atoms with Crippen molar-refractivity contribution in [3.8, 4) is 17.2 Å². The van der Waals surface area contributed by atoms with E-state index in [2.05, 4.69) is 19.9 Å². The standard InChI is InChI=1S/C17H20N4O4S/c1-9-8-13(24-5)6-7-14(9)21-26(22,23)16-11(3)18-10(2)15(16)17-20-19-12(4)25-17/h6-8,18,21H,1-5H3. The van der Waals surface area contributed by atoms with Crippen molar-refractivity contribution in [1.29, 1.82) is 0 Å². The number of hydrogen-bond donors (Lipinski definition) is 2. The Morgan fingerprint density at radius 3 is 2.42 bits per heavy atom. The molecule has 3 aromatic rings. The zero-order valence-corrected chi connectivity index (χ0v) is 16.0. The molecule has 2 N–H and O–H groups in total. The van der Waals surface area contributed by atoms with Crippen LogP contribution in [0, 0.1) is 27.7 Å². The number of methoxy groups -OCH3 is 1. The number of aryl methyl sites for hydroxylation is 4. The summed E-state index contributed by atoms with van der Waals surface area (Å²) in [5.41, 5.74) is 2.72. The summed E-state index contributed by atoms with van der Waals surface area (Å²) in [5, 5.41) is 7.76. The van der Waals surface area contributed by atoms with Crippen molar-refractivity contribution >= 4 is 15.7 Å². The van der Waals surface area contributed by atoms with Crippen LogP contribution in [0.5, 0.6) is 5.75 Å². The first kappa shape index (κ1) is 18.0. The van der Waals surface area contributed by atoms with Gasteiger partial charge in [-0.05, 0) is 44.5 Å². The van der Waals surface area contributed by atoms with Crippen LogP contribution in [-0.2, 0) is 10.0 Å². The van der Waals surface area contributed by atoms with Crippen molar-refractivity contribution < 1.29 is 17.6 Å². The fourth-order valence-electron chi connectivity index (χ4n) is 2.82. The van der Waals surface area contributed by atoms with Gasteiger partial charge >= 0.3 is 0 Å². The largest absolute Gasteiger partial charge is 0.497 e. The van der Waals surface area contributed by atoms with E-state index in [-0.39, 0.29) is 10.8 Å². The number of aromatic amines is 1. The molecule has 26 heavy (non-hydrogen) atoms. The van der Waals surface area contributed by atoms with Crippen molar-refractivity contribution in [2.75, 3.05) is 11.8 Å². The van der Waals surface area contributed by atoms with Gasteiger partial charge in [0.25, 0.3) is 15.9 Å². The molecule has 0 aliphatic carbocycles. The maximum atomic E-state index is 13.1. The first-order chi connectivity index (χ1) is 12.2. The van der Waals surface area contributed by atoms with Crippen LogP contribution >= 0.6 is 0 Å². The van der Waals surface area contributed by atoms with Gasteiger partial charge in [-0.25, -0.2) is 8.42 Å². The van der Waals surface area contributed by atoms with Crippen LogP contribution in [0.4, 0.5) is 5.69 Å². The summed E-state index contributed by atoms with van der Waals surface area (Å²) < 4.78 is 39.4. The minimum atomic E-state index is -3.88. The molecule has 0 bridgehead atoms. The van der Waals surface area contributed by atoms with Crippen molar-refractivity contribution in [2.45, 2.75) is 32.6 Å². The van der Waals surface area contributed by atoms with Gasteiger partial charge in [-0.15, -0.1) is 10.2 Å². The molecule has 0 amide bonds. The van der Waals surface area contributed by atoms with Gasteiger partial charge in [0, 0.05) is 18.3 Å². The number of hydrogen-bond acceptors (Lipinski definition) is 6. The summed E-state index contributed by atoms with van der Waals surface area (Å²) in [6.07, 6.45) is 0. The highest BCUT2D eigenvalue weighted by Crippen LogP contribution is 2.34. The molecule has 0 aliphatic heterocycles. The van der Waals surface area contributed by atoms with E-state index < -0.39 is 10.0 Å². The number of benzene rings is 1. The van der Waals surface area contributed by atoms with E-state index in [4.69, 9.17) is 9.15 Å². The first-order valence-electron chi connectivity index (χ1n) is 7.90. The highest BCUT2D eigenvalue weighted by molar-refractivity contribution is 7.93. The second kappa shape index (κ2) is 6.49. The molecule has 0 unspecified atom stereocenters. The third kappa shape index (κ3) is 3.17. The van der Waals surface area contributed by atoms with Gasteiger partial charge in [-0.2, -0.15) is 0 Å². The highest BCUT2D eigenvalue weighted by atomic mass is 32.2. The smallest absolute Gasteiger partial charge is 0.264 e. The lowest BCUT2D eigenvalue weighted by Gasteiger charge is -2.12. The minimum Gasteiger partial charge on any atom is -0.497 e. The Labute approximate surface area is 151 Å². The van der Waals surface area contributed by atoms with Gasteiger partial charge in [0.05, 0.1) is 18.4 Å². The molecule has 0 atom stereocenters. The zero-order chi connectivity index (χ0) is 19.1. The second-order valence-corrected chi connectivity index (χ2v) is 7.61. The molecule has 2 heterocycles. The minimum absolute atomic E-state index is 0.0915. The Balaban J connectivity index is 2.08. The summed E-state index contributed by atoms with van der Waals surface area (Å²) in [4.78, 5) is 3.13. The molecule has 0 fully saturated rings. The third-order valence-corrected chi connectivity index (χ3v) is 5.54. The lowest BCUT2D eigenvalue weighted by Crippen LogP contribution is -2.15. The molecule has 9 heteroatoms. The highest BCUT2D eigenvalue weighted by Gasteiger charge is 2.29. The first-order valence-corrected chi connectivity index (χ1v) is 9.38. The average Bonchev–Trinajstić information content (AvgIpc) is 3.11. The number of anilines is 1. The van der Waals surface area contributed by atoms with Crippen LogP contribution in [0.1, 0.15) is 22.8 Å². The van der Waals surface area contributed by atoms with E-state index in [1.807, 2.05) is 0 Å². The van der Waals surface area contributed by atoms with E-state index in [1.54, 1.807) is 53.0 Å². The summed E-state index contributed by atoms with van der Waals surface area (Å²) in [5.74, 6) is 1.18.